The van der Waals surface area contributed by atoms with Gasteiger partial charge in [0.15, 0.2) is 17.4 Å². The van der Waals surface area contributed by atoms with E-state index < -0.39 is 4.92 Å². The highest BCUT2D eigenvalue weighted by Crippen LogP contribution is 2.22. The maximum Gasteiger partial charge on any atom is 0.271 e. The smallest absolute Gasteiger partial charge is 0.271 e. The molecule has 0 radical (unpaired) electrons. The van der Waals surface area contributed by atoms with Crippen molar-refractivity contribution >= 4 is 28.8 Å². The summed E-state index contributed by atoms with van der Waals surface area (Å²) in [6.45, 7) is 3.47. The van der Waals surface area contributed by atoms with Crippen molar-refractivity contribution in [1.82, 2.24) is 4.90 Å². The number of hydrogen-bond acceptors (Lipinski definition) is 10. The van der Waals surface area contributed by atoms with E-state index in [0.717, 1.165) is 18.7 Å². The summed E-state index contributed by atoms with van der Waals surface area (Å²) in [7, 11) is 0. The van der Waals surface area contributed by atoms with Gasteiger partial charge in [-0.25, -0.2) is 0 Å². The van der Waals surface area contributed by atoms with Crippen LogP contribution in [0.1, 0.15) is 5.56 Å². The summed E-state index contributed by atoms with van der Waals surface area (Å²) >= 11 is 0. The molecule has 1 fully saturated rings. The molecule has 1 saturated heterocycles. The molecular weight excluding hydrogens is 328 g/mol. The second-order valence-corrected chi connectivity index (χ2v) is 5.58. The summed E-state index contributed by atoms with van der Waals surface area (Å²) in [6, 6.07) is 4.74. The molecule has 11 heteroatoms. The van der Waals surface area contributed by atoms with Gasteiger partial charge in [0.05, 0.1) is 23.8 Å². The lowest BCUT2D eigenvalue weighted by Gasteiger charge is -2.26. The minimum Gasteiger partial charge on any atom is -0.380 e. The van der Waals surface area contributed by atoms with Gasteiger partial charge in [-0.2, -0.15) is 5.10 Å². The maximum atomic E-state index is 11.2. The molecule has 0 bridgehead atoms. The van der Waals surface area contributed by atoms with Crippen molar-refractivity contribution in [3.05, 3.63) is 33.9 Å². The Hall–Kier alpha value is -3.05. The third-order valence-corrected chi connectivity index (χ3v) is 3.75. The van der Waals surface area contributed by atoms with Crippen LogP contribution in [0.2, 0.25) is 0 Å². The Morgan fingerprint density at radius 1 is 1.24 bits per heavy atom. The number of rotatable bonds is 5. The lowest BCUT2D eigenvalue weighted by Crippen LogP contribution is -2.35. The van der Waals surface area contributed by atoms with E-state index in [9.17, 15) is 10.1 Å². The number of benzene rings is 1. The van der Waals surface area contributed by atoms with Crippen LogP contribution in [0.5, 0.6) is 0 Å². The number of nitrogens with zero attached hydrogens (tertiary/aromatic N) is 5. The summed E-state index contributed by atoms with van der Waals surface area (Å²) in [6.07, 6.45) is 0. The van der Waals surface area contributed by atoms with Gasteiger partial charge in [-0.15, -0.1) is 10.2 Å². The number of non-ortho nitro benzene ring substituents is 1. The third kappa shape index (κ3) is 4.08. The fourth-order valence-corrected chi connectivity index (χ4v) is 2.52. The van der Waals surface area contributed by atoms with Crippen molar-refractivity contribution in [1.29, 1.82) is 0 Å². The van der Waals surface area contributed by atoms with Crippen molar-refractivity contribution in [2.24, 2.45) is 26.8 Å². The Morgan fingerprint density at radius 2 is 1.92 bits per heavy atom. The lowest BCUT2D eigenvalue weighted by atomic mass is 10.1. The van der Waals surface area contributed by atoms with E-state index in [1.165, 1.54) is 6.07 Å². The van der Waals surface area contributed by atoms with Gasteiger partial charge in [0.2, 0.25) is 0 Å². The molecule has 1 aromatic rings. The van der Waals surface area contributed by atoms with Crippen LogP contribution in [0.4, 0.5) is 11.4 Å². The first-order chi connectivity index (χ1) is 12.0. The normalized spacial score (nSPS) is 17.8. The van der Waals surface area contributed by atoms with Gasteiger partial charge in [0.25, 0.3) is 5.69 Å². The van der Waals surface area contributed by atoms with Crippen LogP contribution in [-0.4, -0.2) is 53.5 Å². The van der Waals surface area contributed by atoms with Crippen LogP contribution in [0.25, 0.3) is 0 Å². The highest BCUT2D eigenvalue weighted by molar-refractivity contribution is 6.68. The van der Waals surface area contributed by atoms with E-state index in [1.807, 2.05) is 0 Å². The van der Waals surface area contributed by atoms with Gasteiger partial charge in [-0.05, 0) is 11.6 Å². The predicted octanol–water partition coefficient (Wildman–Crippen LogP) is -0.162. The zero-order chi connectivity index (χ0) is 17.8. The molecule has 2 aliphatic heterocycles. The molecule has 0 atom stereocenters. The molecule has 25 heavy (non-hydrogen) atoms. The maximum absolute atomic E-state index is 11.2. The van der Waals surface area contributed by atoms with E-state index in [1.54, 1.807) is 12.1 Å². The van der Waals surface area contributed by atoms with Crippen LogP contribution in [0.3, 0.4) is 0 Å². The summed E-state index contributed by atoms with van der Waals surface area (Å²) < 4.78 is 5.31. The van der Waals surface area contributed by atoms with E-state index in [0.29, 0.717) is 25.4 Å². The molecule has 5 N–H and O–H groups in total. The Labute approximate surface area is 143 Å². The lowest BCUT2D eigenvalue weighted by molar-refractivity contribution is -0.384. The van der Waals surface area contributed by atoms with Crippen LogP contribution in [-0.2, 0) is 11.3 Å². The van der Waals surface area contributed by atoms with Crippen LogP contribution in [0.15, 0.2) is 33.5 Å². The van der Waals surface area contributed by atoms with Crippen LogP contribution < -0.4 is 16.9 Å². The van der Waals surface area contributed by atoms with Crippen molar-refractivity contribution < 1.29 is 9.66 Å². The quantitative estimate of drug-likeness (QED) is 0.493. The van der Waals surface area contributed by atoms with E-state index in [-0.39, 0.29) is 23.1 Å². The standard InChI is InChI=1S/C14H18N8O3/c15-13-12(14(16)20-19-13)18-17-10-5-9(6-11(7-10)22(23)24)8-21-1-3-25-4-2-21/h5-7,17H,1-4,8H2,(H4,15,16,18,19,20). The molecular formula is C14H18N8O3. The number of nitrogens with two attached hydrogens (primary N) is 2. The van der Waals surface area contributed by atoms with Crippen molar-refractivity contribution in [3.8, 4) is 0 Å². The summed E-state index contributed by atoms with van der Waals surface area (Å²) in [5.74, 6) is 0.174. The number of nitro groups is 1. The Morgan fingerprint density at radius 3 is 2.56 bits per heavy atom. The Kier molecular flexibility index (Phi) is 4.86. The number of anilines is 1. The molecule has 2 heterocycles. The summed E-state index contributed by atoms with van der Waals surface area (Å²) in [5.41, 5.74) is 15.4. The number of morpholine rings is 1. The second kappa shape index (κ2) is 7.23. The Balaban J connectivity index is 1.80. The highest BCUT2D eigenvalue weighted by Gasteiger charge is 2.18. The average Bonchev–Trinajstić information content (AvgIpc) is 2.92. The molecule has 3 rings (SSSR count). The molecule has 1 aromatic carbocycles. The first-order valence-electron chi connectivity index (χ1n) is 7.62. The Bertz CT molecular complexity index is 747. The zero-order valence-electron chi connectivity index (χ0n) is 13.4. The molecule has 0 aliphatic carbocycles. The molecule has 0 saturated carbocycles. The van der Waals surface area contributed by atoms with Gasteiger partial charge in [0.1, 0.15) is 0 Å². The number of nitrogens with one attached hydrogen (secondary N) is 1. The molecule has 0 spiro atoms. The van der Waals surface area contributed by atoms with Crippen molar-refractivity contribution in [2.45, 2.75) is 6.54 Å². The van der Waals surface area contributed by atoms with Gasteiger partial charge >= 0.3 is 0 Å². The number of ether oxygens (including phenoxy) is 1. The van der Waals surface area contributed by atoms with Gasteiger partial charge < -0.3 is 16.2 Å². The fourth-order valence-electron chi connectivity index (χ4n) is 2.52. The van der Waals surface area contributed by atoms with Gasteiger partial charge in [-0.3, -0.25) is 20.4 Å². The SMILES string of the molecule is NC1=NN=C(N)C1=NNc1cc(CN2CCOCC2)cc([N+](=O)[O-])c1. The summed E-state index contributed by atoms with van der Waals surface area (Å²) in [5, 5.41) is 22.5. The largest absolute Gasteiger partial charge is 0.380 e. The van der Waals surface area contributed by atoms with E-state index in [2.05, 4.69) is 25.6 Å². The molecule has 2 aliphatic rings. The second-order valence-electron chi connectivity index (χ2n) is 5.58. The first-order valence-corrected chi connectivity index (χ1v) is 7.62. The number of hydrogen-bond donors (Lipinski definition) is 3. The topological polar surface area (TPSA) is 157 Å². The van der Waals surface area contributed by atoms with E-state index >= 15 is 0 Å². The molecule has 0 unspecified atom stereocenters. The van der Waals surface area contributed by atoms with Crippen molar-refractivity contribution in [2.75, 3.05) is 31.7 Å². The fraction of sp³-hybridized carbons (Fsp3) is 0.357. The third-order valence-electron chi connectivity index (χ3n) is 3.75. The minimum atomic E-state index is -0.442. The van der Waals surface area contributed by atoms with Gasteiger partial charge in [0, 0.05) is 31.8 Å². The molecule has 132 valence electrons. The number of nitro benzene ring substituents is 1. The monoisotopic (exact) mass is 346 g/mol. The highest BCUT2D eigenvalue weighted by atomic mass is 16.6. The molecule has 0 amide bonds. The molecule has 11 nitrogen and oxygen atoms in total. The first kappa shape index (κ1) is 16.8. The minimum absolute atomic E-state index is 0.0249. The zero-order valence-corrected chi connectivity index (χ0v) is 13.4. The van der Waals surface area contributed by atoms with Gasteiger partial charge in [-0.1, -0.05) is 0 Å². The van der Waals surface area contributed by atoms with E-state index in [4.69, 9.17) is 16.2 Å². The molecule has 0 aromatic heterocycles. The average molecular weight is 346 g/mol. The van der Waals surface area contributed by atoms with Crippen molar-refractivity contribution in [3.63, 3.8) is 0 Å². The van der Waals surface area contributed by atoms with Crippen LogP contribution >= 0.6 is 0 Å². The van der Waals surface area contributed by atoms with Crippen LogP contribution in [0, 0.1) is 10.1 Å². The number of amidine groups is 2. The number of hydrazone groups is 1. The predicted molar refractivity (Wildman–Crippen MR) is 93.5 cm³/mol. The summed E-state index contributed by atoms with van der Waals surface area (Å²) in [4.78, 5) is 12.9.